The van der Waals surface area contributed by atoms with Crippen molar-refractivity contribution in [2.24, 2.45) is 0 Å². The molecule has 5 heteroatoms. The van der Waals surface area contributed by atoms with Gasteiger partial charge in [0.15, 0.2) is 0 Å². The number of carbonyl (C=O) groups excluding carboxylic acids is 1. The molecule has 0 unspecified atom stereocenters. The summed E-state index contributed by atoms with van der Waals surface area (Å²) in [7, 11) is 3.98. The topological polar surface area (TPSA) is 49.6 Å². The molecule has 0 saturated heterocycles. The molecule has 0 aliphatic carbocycles. The Morgan fingerprint density at radius 3 is 2.90 bits per heavy atom. The van der Waals surface area contributed by atoms with E-state index in [1.54, 1.807) is 0 Å². The monoisotopic (exact) mass is 274 g/mol. The number of hydrogen-bond donors (Lipinski definition) is 1. The normalized spacial score (nSPS) is 11.2. The highest BCUT2D eigenvalue weighted by molar-refractivity contribution is 5.94. The maximum atomic E-state index is 12.4. The van der Waals surface area contributed by atoms with Gasteiger partial charge in [-0.25, -0.2) is 4.98 Å². The summed E-state index contributed by atoms with van der Waals surface area (Å²) >= 11 is 0. The van der Waals surface area contributed by atoms with E-state index in [1.165, 1.54) is 0 Å². The highest BCUT2D eigenvalue weighted by Gasteiger charge is 2.17. The number of fused-ring (bicyclic) bond motifs is 1. The van der Waals surface area contributed by atoms with E-state index in [2.05, 4.69) is 17.2 Å². The number of aryl methyl sites for hydroxylation is 1. The molecule has 108 valence electrons. The molecule has 5 nitrogen and oxygen atoms in total. The van der Waals surface area contributed by atoms with Gasteiger partial charge in [0.2, 0.25) is 0 Å². The highest BCUT2D eigenvalue weighted by Crippen LogP contribution is 2.14. The molecule has 2 aromatic heterocycles. The summed E-state index contributed by atoms with van der Waals surface area (Å²) in [6, 6.07) is 5.78. The van der Waals surface area contributed by atoms with Gasteiger partial charge < -0.3 is 10.2 Å². The molecule has 0 spiro atoms. The minimum atomic E-state index is -0.0472. The fourth-order valence-corrected chi connectivity index (χ4v) is 2.17. The number of hydrogen-bond acceptors (Lipinski definition) is 3. The molecule has 0 aliphatic heterocycles. The lowest BCUT2D eigenvalue weighted by molar-refractivity contribution is 0.0944. The van der Waals surface area contributed by atoms with Crippen molar-refractivity contribution in [3.63, 3.8) is 0 Å². The Morgan fingerprint density at radius 1 is 1.40 bits per heavy atom. The van der Waals surface area contributed by atoms with Crippen LogP contribution in [0, 0.1) is 0 Å². The minimum absolute atomic E-state index is 0.0472. The molecule has 2 heterocycles. The summed E-state index contributed by atoms with van der Waals surface area (Å²) in [6.07, 6.45) is 3.68. The van der Waals surface area contributed by atoms with Crippen molar-refractivity contribution in [1.82, 2.24) is 19.6 Å². The standard InChI is InChI=1S/C15H22N4O/c1-4-7-12-14(15(20)16-9-11-18(2)3)19-10-6-5-8-13(19)17-12/h5-6,8,10H,4,7,9,11H2,1-3H3,(H,16,20). The van der Waals surface area contributed by atoms with Crippen LogP contribution < -0.4 is 5.32 Å². The quantitative estimate of drug-likeness (QED) is 0.870. The van der Waals surface area contributed by atoms with E-state index in [4.69, 9.17) is 0 Å². The van der Waals surface area contributed by atoms with E-state index in [-0.39, 0.29) is 5.91 Å². The number of imidazole rings is 1. The van der Waals surface area contributed by atoms with Crippen molar-refractivity contribution in [2.75, 3.05) is 27.2 Å². The third-order valence-corrected chi connectivity index (χ3v) is 3.15. The fraction of sp³-hybridized carbons (Fsp3) is 0.467. The van der Waals surface area contributed by atoms with Gasteiger partial charge in [0.25, 0.3) is 5.91 Å². The van der Waals surface area contributed by atoms with Crippen LogP contribution >= 0.6 is 0 Å². The van der Waals surface area contributed by atoms with Crippen LogP contribution in [0.3, 0.4) is 0 Å². The largest absolute Gasteiger partial charge is 0.349 e. The SMILES string of the molecule is CCCc1nc2ccccn2c1C(=O)NCCN(C)C. The van der Waals surface area contributed by atoms with E-state index in [0.29, 0.717) is 12.2 Å². The van der Waals surface area contributed by atoms with Gasteiger partial charge in [-0.3, -0.25) is 9.20 Å². The second kappa shape index (κ2) is 6.52. The van der Waals surface area contributed by atoms with Gasteiger partial charge in [-0.1, -0.05) is 19.4 Å². The molecule has 0 aromatic carbocycles. The third kappa shape index (κ3) is 3.17. The Labute approximate surface area is 119 Å². The molecule has 0 radical (unpaired) electrons. The van der Waals surface area contributed by atoms with E-state index in [9.17, 15) is 4.79 Å². The summed E-state index contributed by atoms with van der Waals surface area (Å²) in [6.45, 7) is 3.56. The summed E-state index contributed by atoms with van der Waals surface area (Å²) in [5.74, 6) is -0.0472. The molecule has 0 atom stereocenters. The van der Waals surface area contributed by atoms with Crippen molar-refractivity contribution in [3.8, 4) is 0 Å². The molecular formula is C15H22N4O. The molecule has 2 aromatic rings. The molecular weight excluding hydrogens is 252 g/mol. The highest BCUT2D eigenvalue weighted by atomic mass is 16.1. The second-order valence-electron chi connectivity index (χ2n) is 5.15. The van der Waals surface area contributed by atoms with Gasteiger partial charge >= 0.3 is 0 Å². The lowest BCUT2D eigenvalue weighted by atomic mass is 10.2. The average Bonchev–Trinajstić information content (AvgIpc) is 2.76. The first kappa shape index (κ1) is 14.5. The predicted octanol–water partition coefficient (Wildman–Crippen LogP) is 1.58. The van der Waals surface area contributed by atoms with Crippen molar-refractivity contribution in [1.29, 1.82) is 0 Å². The Hall–Kier alpha value is -1.88. The van der Waals surface area contributed by atoms with Crippen LogP contribution in [0.5, 0.6) is 0 Å². The fourth-order valence-electron chi connectivity index (χ4n) is 2.17. The number of pyridine rings is 1. The maximum Gasteiger partial charge on any atom is 0.270 e. The second-order valence-corrected chi connectivity index (χ2v) is 5.15. The number of nitrogens with one attached hydrogen (secondary N) is 1. The van der Waals surface area contributed by atoms with Crippen molar-refractivity contribution in [2.45, 2.75) is 19.8 Å². The Balaban J connectivity index is 2.26. The third-order valence-electron chi connectivity index (χ3n) is 3.15. The minimum Gasteiger partial charge on any atom is -0.349 e. The molecule has 0 bridgehead atoms. The average molecular weight is 274 g/mol. The Morgan fingerprint density at radius 2 is 2.20 bits per heavy atom. The zero-order chi connectivity index (χ0) is 14.5. The van der Waals surface area contributed by atoms with E-state index in [0.717, 1.165) is 30.7 Å². The summed E-state index contributed by atoms with van der Waals surface area (Å²) in [4.78, 5) is 19.0. The van der Waals surface area contributed by atoms with Gasteiger partial charge in [0, 0.05) is 19.3 Å². The number of rotatable bonds is 6. The van der Waals surface area contributed by atoms with Crippen LogP contribution in [-0.2, 0) is 6.42 Å². The predicted molar refractivity (Wildman–Crippen MR) is 80.1 cm³/mol. The first-order valence-corrected chi connectivity index (χ1v) is 7.02. The number of carbonyl (C=O) groups is 1. The Kier molecular flexibility index (Phi) is 4.74. The van der Waals surface area contributed by atoms with Crippen LogP contribution in [-0.4, -0.2) is 47.4 Å². The van der Waals surface area contributed by atoms with Crippen molar-refractivity contribution >= 4 is 11.6 Å². The number of amides is 1. The molecule has 0 fully saturated rings. The van der Waals surface area contributed by atoms with Gasteiger partial charge in [-0.2, -0.15) is 0 Å². The van der Waals surface area contributed by atoms with Gasteiger partial charge in [-0.15, -0.1) is 0 Å². The maximum absolute atomic E-state index is 12.4. The van der Waals surface area contributed by atoms with Gasteiger partial charge in [0.1, 0.15) is 11.3 Å². The van der Waals surface area contributed by atoms with Crippen LogP contribution in [0.25, 0.3) is 5.65 Å². The zero-order valence-corrected chi connectivity index (χ0v) is 12.4. The van der Waals surface area contributed by atoms with Crippen molar-refractivity contribution in [3.05, 3.63) is 35.8 Å². The number of nitrogens with zero attached hydrogens (tertiary/aromatic N) is 3. The van der Waals surface area contributed by atoms with Gasteiger partial charge in [-0.05, 0) is 32.6 Å². The summed E-state index contributed by atoms with van der Waals surface area (Å²) in [5, 5.41) is 2.97. The van der Waals surface area contributed by atoms with Crippen LogP contribution in [0.2, 0.25) is 0 Å². The van der Waals surface area contributed by atoms with E-state index in [1.807, 2.05) is 47.8 Å². The molecule has 2 rings (SSSR count). The van der Waals surface area contributed by atoms with Gasteiger partial charge in [0.05, 0.1) is 5.69 Å². The molecule has 0 saturated carbocycles. The summed E-state index contributed by atoms with van der Waals surface area (Å²) in [5.41, 5.74) is 2.37. The molecule has 0 aliphatic rings. The lowest BCUT2D eigenvalue weighted by Gasteiger charge is -2.11. The first-order valence-electron chi connectivity index (χ1n) is 7.02. The van der Waals surface area contributed by atoms with E-state index >= 15 is 0 Å². The Bertz CT molecular complexity index is 589. The van der Waals surface area contributed by atoms with Crippen LogP contribution in [0.1, 0.15) is 29.5 Å². The zero-order valence-electron chi connectivity index (χ0n) is 12.4. The van der Waals surface area contributed by atoms with Crippen molar-refractivity contribution < 1.29 is 4.79 Å². The number of aromatic nitrogens is 2. The smallest absolute Gasteiger partial charge is 0.270 e. The van der Waals surface area contributed by atoms with E-state index < -0.39 is 0 Å². The van der Waals surface area contributed by atoms with Crippen LogP contribution in [0.15, 0.2) is 24.4 Å². The number of likely N-dealkylation sites (N-methyl/N-ethyl adjacent to an activating group) is 1. The summed E-state index contributed by atoms with van der Waals surface area (Å²) < 4.78 is 1.87. The molecule has 20 heavy (non-hydrogen) atoms. The lowest BCUT2D eigenvalue weighted by Crippen LogP contribution is -2.32. The first-order chi connectivity index (χ1) is 9.63. The molecule has 1 N–H and O–H groups in total. The van der Waals surface area contributed by atoms with Crippen LogP contribution in [0.4, 0.5) is 0 Å². The molecule has 1 amide bonds.